The predicted octanol–water partition coefficient (Wildman–Crippen LogP) is 1.35. The largest absolute Gasteiger partial charge is 0.437 e. The van der Waals surface area contributed by atoms with Gasteiger partial charge in [0.2, 0.25) is 0 Å². The Morgan fingerprint density at radius 1 is 1.50 bits per heavy atom. The third-order valence-corrected chi connectivity index (χ3v) is 1.70. The second-order valence-electron chi connectivity index (χ2n) is 2.49. The zero-order valence-corrected chi connectivity index (χ0v) is 6.89. The van der Waals surface area contributed by atoms with E-state index in [4.69, 9.17) is 0 Å². The molecule has 12 heavy (non-hydrogen) atoms. The van der Waals surface area contributed by atoms with Gasteiger partial charge in [-0.25, -0.2) is 0 Å². The van der Waals surface area contributed by atoms with Gasteiger partial charge in [0.05, 0.1) is 6.54 Å². The number of aromatic nitrogens is 2. The van der Waals surface area contributed by atoms with Gasteiger partial charge in [0.15, 0.2) is 18.9 Å². The van der Waals surface area contributed by atoms with E-state index in [0.717, 1.165) is 6.07 Å². The molecule has 0 saturated heterocycles. The van der Waals surface area contributed by atoms with Crippen molar-refractivity contribution in [3.05, 3.63) is 18.0 Å². The van der Waals surface area contributed by atoms with Crippen molar-refractivity contribution in [2.24, 2.45) is 7.05 Å². The van der Waals surface area contributed by atoms with Crippen LogP contribution in [-0.4, -0.2) is 4.68 Å². The number of hydrogen-bond donors (Lipinski definition) is 0. The van der Waals surface area contributed by atoms with Crippen molar-refractivity contribution in [1.82, 2.24) is 4.68 Å². The molecule has 0 aliphatic carbocycles. The van der Waals surface area contributed by atoms with Crippen LogP contribution in [0.25, 0.3) is 0 Å². The van der Waals surface area contributed by atoms with E-state index in [1.807, 2.05) is 0 Å². The van der Waals surface area contributed by atoms with Crippen LogP contribution in [-0.2, 0) is 19.8 Å². The first-order valence-corrected chi connectivity index (χ1v) is 3.59. The third-order valence-electron chi connectivity index (χ3n) is 1.70. The Morgan fingerprint density at radius 3 is 2.42 bits per heavy atom. The number of halogens is 3. The van der Waals surface area contributed by atoms with Crippen molar-refractivity contribution in [1.29, 1.82) is 0 Å². The number of alkyl halides is 3. The normalized spacial score (nSPS) is 12.1. The maximum absolute atomic E-state index is 12.2. The number of hydrogen-bond acceptors (Lipinski definition) is 0. The highest BCUT2D eigenvalue weighted by Crippen LogP contribution is 2.28. The van der Waals surface area contributed by atoms with Gasteiger partial charge < -0.3 is 0 Å². The minimum Gasteiger partial charge on any atom is -0.164 e. The zero-order valence-electron chi connectivity index (χ0n) is 6.89. The number of nitrogens with zero attached hydrogens (tertiary/aromatic N) is 2. The molecule has 0 aliphatic rings. The fraction of sp³-hybridized carbons (Fsp3) is 0.571. The van der Waals surface area contributed by atoms with Gasteiger partial charge in [0.25, 0.3) is 0 Å². The van der Waals surface area contributed by atoms with E-state index in [9.17, 15) is 13.2 Å². The molecule has 1 aromatic heterocycles. The van der Waals surface area contributed by atoms with Crippen LogP contribution in [0.15, 0.2) is 12.3 Å². The molecule has 0 aromatic carbocycles. The van der Waals surface area contributed by atoms with Gasteiger partial charge in [-0.15, -0.1) is 9.36 Å². The van der Waals surface area contributed by atoms with Crippen LogP contribution in [0.5, 0.6) is 0 Å². The molecule has 0 unspecified atom stereocenters. The van der Waals surface area contributed by atoms with E-state index in [-0.39, 0.29) is 0 Å². The van der Waals surface area contributed by atoms with Crippen LogP contribution in [0.1, 0.15) is 12.6 Å². The van der Waals surface area contributed by atoms with Gasteiger partial charge in [-0.05, 0) is 6.92 Å². The van der Waals surface area contributed by atoms with Gasteiger partial charge in [0, 0.05) is 6.07 Å². The van der Waals surface area contributed by atoms with E-state index < -0.39 is 11.9 Å². The van der Waals surface area contributed by atoms with E-state index >= 15 is 0 Å². The monoisotopic (exact) mass is 179 g/mol. The van der Waals surface area contributed by atoms with Crippen LogP contribution in [0, 0.1) is 0 Å². The molecule has 0 aliphatic heterocycles. The zero-order chi connectivity index (χ0) is 9.35. The topological polar surface area (TPSA) is 8.81 Å². The molecule has 1 aromatic rings. The van der Waals surface area contributed by atoms with Gasteiger partial charge in [-0.1, -0.05) is 0 Å². The van der Waals surface area contributed by atoms with Crippen LogP contribution < -0.4 is 4.68 Å². The molecule has 0 saturated carbocycles. The molecule has 1 rings (SSSR count). The molecule has 0 atom stereocenters. The lowest BCUT2D eigenvalue weighted by molar-refractivity contribution is -0.754. The highest BCUT2D eigenvalue weighted by atomic mass is 19.4. The Balaban J connectivity index is 3.16. The molecule has 0 bridgehead atoms. The van der Waals surface area contributed by atoms with Crippen LogP contribution in [0.2, 0.25) is 0 Å². The smallest absolute Gasteiger partial charge is 0.164 e. The average Bonchev–Trinajstić information content (AvgIpc) is 2.29. The summed E-state index contributed by atoms with van der Waals surface area (Å²) < 4.78 is 39.2. The molecular formula is C7H10F3N2+. The van der Waals surface area contributed by atoms with E-state index in [2.05, 4.69) is 0 Å². The molecule has 2 nitrogen and oxygen atoms in total. The molecule has 0 spiro atoms. The maximum Gasteiger partial charge on any atom is 0.437 e. The lowest BCUT2D eigenvalue weighted by atomic mass is 10.4. The van der Waals surface area contributed by atoms with Gasteiger partial charge in [0.1, 0.15) is 0 Å². The molecule has 68 valence electrons. The first kappa shape index (κ1) is 9.09. The quantitative estimate of drug-likeness (QED) is 0.575. The Bertz CT molecular complexity index is 275. The van der Waals surface area contributed by atoms with Crippen molar-refractivity contribution < 1.29 is 17.9 Å². The molecule has 0 radical (unpaired) electrons. The summed E-state index contributed by atoms with van der Waals surface area (Å²) in [5.74, 6) is 0. The molecular weight excluding hydrogens is 169 g/mol. The Kier molecular flexibility index (Phi) is 2.12. The molecule has 0 N–H and O–H groups in total. The fourth-order valence-corrected chi connectivity index (χ4v) is 1.15. The highest BCUT2D eigenvalue weighted by molar-refractivity contribution is 5.01. The minimum absolute atomic E-state index is 0.318. The number of aryl methyl sites for hydroxylation is 1. The first-order chi connectivity index (χ1) is 5.46. The average molecular weight is 179 g/mol. The second-order valence-corrected chi connectivity index (χ2v) is 2.49. The molecule has 0 fully saturated rings. The highest BCUT2D eigenvalue weighted by Gasteiger charge is 2.37. The standard InChI is InChI=1S/C7H10F3N2/c1-3-12-6(7(8,9)10)4-5-11(12)2/h4-5H,3H2,1-2H3/q+1. The van der Waals surface area contributed by atoms with Gasteiger partial charge in [-0.2, -0.15) is 13.2 Å². The molecule has 1 heterocycles. The SMILES string of the molecule is CCn1c(C(F)(F)F)cc[n+]1C. The van der Waals surface area contributed by atoms with Crippen LogP contribution >= 0.6 is 0 Å². The summed E-state index contributed by atoms with van der Waals surface area (Å²) in [5, 5.41) is 0. The Morgan fingerprint density at radius 2 is 2.08 bits per heavy atom. The first-order valence-electron chi connectivity index (χ1n) is 3.59. The van der Waals surface area contributed by atoms with Gasteiger partial charge in [-0.3, -0.25) is 0 Å². The summed E-state index contributed by atoms with van der Waals surface area (Å²) in [6.45, 7) is 1.99. The Hall–Kier alpha value is -1.00. The van der Waals surface area contributed by atoms with E-state index in [1.165, 1.54) is 15.6 Å². The summed E-state index contributed by atoms with van der Waals surface area (Å²) in [6.07, 6.45) is -2.86. The van der Waals surface area contributed by atoms with Crippen molar-refractivity contribution in [3.8, 4) is 0 Å². The summed E-state index contributed by atoms with van der Waals surface area (Å²) >= 11 is 0. The summed E-state index contributed by atoms with van der Waals surface area (Å²) in [5.41, 5.74) is -0.604. The van der Waals surface area contributed by atoms with Crippen LogP contribution in [0.4, 0.5) is 13.2 Å². The van der Waals surface area contributed by atoms with Crippen LogP contribution in [0.3, 0.4) is 0 Å². The Labute approximate surface area is 68.2 Å². The minimum atomic E-state index is -4.25. The lowest BCUT2D eigenvalue weighted by Gasteiger charge is -2.05. The van der Waals surface area contributed by atoms with Gasteiger partial charge >= 0.3 is 6.18 Å². The molecule has 5 heteroatoms. The second kappa shape index (κ2) is 2.80. The molecule has 0 amide bonds. The fourth-order valence-electron chi connectivity index (χ4n) is 1.15. The lowest BCUT2D eigenvalue weighted by Crippen LogP contribution is -2.39. The van der Waals surface area contributed by atoms with Crippen molar-refractivity contribution in [3.63, 3.8) is 0 Å². The summed E-state index contributed by atoms with van der Waals surface area (Å²) in [4.78, 5) is 0. The summed E-state index contributed by atoms with van der Waals surface area (Å²) in [7, 11) is 1.58. The maximum atomic E-state index is 12.2. The van der Waals surface area contributed by atoms with E-state index in [0.29, 0.717) is 6.54 Å². The predicted molar refractivity (Wildman–Crippen MR) is 36.3 cm³/mol. The number of rotatable bonds is 1. The van der Waals surface area contributed by atoms with Crippen molar-refractivity contribution >= 4 is 0 Å². The summed E-state index contributed by atoms with van der Waals surface area (Å²) in [6, 6.07) is 1.07. The van der Waals surface area contributed by atoms with Crippen molar-refractivity contribution in [2.45, 2.75) is 19.6 Å². The van der Waals surface area contributed by atoms with Crippen molar-refractivity contribution in [2.75, 3.05) is 0 Å². The van der Waals surface area contributed by atoms with E-state index in [1.54, 1.807) is 14.0 Å². The third kappa shape index (κ3) is 1.44.